The van der Waals surface area contributed by atoms with Gasteiger partial charge in [-0.25, -0.2) is 0 Å². The number of rotatable bonds is 12. The number of benzene rings is 3. The molecule has 0 aliphatic heterocycles. The Hall–Kier alpha value is -3.24. The largest absolute Gasteiger partial charge is 0.497 e. The molecule has 0 spiro atoms. The summed E-state index contributed by atoms with van der Waals surface area (Å²) < 4.78 is 13.9. The van der Waals surface area contributed by atoms with Crippen molar-refractivity contribution in [2.24, 2.45) is 0 Å². The molecule has 0 atom stereocenters. The maximum Gasteiger partial charge on any atom is 0.120 e. The molecule has 0 aliphatic rings. The standard InChI is InChI=1S/C32H40N2O2/c1-6-7-20-36-29-16-17-31-30(21-29)24(4)32(27-12-14-28(35-5)15-13-27)34(31)22-26-10-8-25(9-11-26)18-19-33-23(2)3/h8-17,21,23,33H,6-7,18-20,22H2,1-5H3. The second kappa shape index (κ2) is 12.1. The van der Waals surface area contributed by atoms with E-state index in [1.807, 2.05) is 12.1 Å². The number of methoxy groups -OCH3 is 1. The molecule has 1 heterocycles. The highest BCUT2D eigenvalue weighted by molar-refractivity contribution is 5.92. The first-order valence-corrected chi connectivity index (χ1v) is 13.2. The minimum Gasteiger partial charge on any atom is -0.497 e. The first kappa shape index (κ1) is 25.8. The zero-order valence-electron chi connectivity index (χ0n) is 22.4. The van der Waals surface area contributed by atoms with Crippen LogP contribution in [0.15, 0.2) is 66.7 Å². The Bertz CT molecular complexity index is 1250. The Morgan fingerprint density at radius 3 is 2.25 bits per heavy atom. The normalized spacial score (nSPS) is 11.4. The number of nitrogens with zero attached hydrogens (tertiary/aromatic N) is 1. The third-order valence-corrected chi connectivity index (χ3v) is 6.75. The molecular weight excluding hydrogens is 444 g/mol. The Morgan fingerprint density at radius 1 is 0.889 bits per heavy atom. The van der Waals surface area contributed by atoms with Gasteiger partial charge < -0.3 is 19.4 Å². The fourth-order valence-corrected chi connectivity index (χ4v) is 4.71. The molecule has 190 valence electrons. The summed E-state index contributed by atoms with van der Waals surface area (Å²) in [6, 6.07) is 24.5. The highest BCUT2D eigenvalue weighted by Gasteiger charge is 2.17. The van der Waals surface area contributed by atoms with Crippen molar-refractivity contribution in [2.75, 3.05) is 20.3 Å². The van der Waals surface area contributed by atoms with Gasteiger partial charge in [-0.1, -0.05) is 51.5 Å². The molecule has 0 unspecified atom stereocenters. The lowest BCUT2D eigenvalue weighted by Gasteiger charge is -2.14. The lowest BCUT2D eigenvalue weighted by atomic mass is 10.1. The third-order valence-electron chi connectivity index (χ3n) is 6.75. The minimum atomic E-state index is 0.517. The van der Waals surface area contributed by atoms with Gasteiger partial charge in [-0.3, -0.25) is 0 Å². The average molecular weight is 485 g/mol. The van der Waals surface area contributed by atoms with Gasteiger partial charge in [0.05, 0.1) is 19.4 Å². The van der Waals surface area contributed by atoms with Crippen LogP contribution in [0.2, 0.25) is 0 Å². The van der Waals surface area contributed by atoms with Crippen LogP contribution in [0.3, 0.4) is 0 Å². The molecule has 0 fully saturated rings. The van der Waals surface area contributed by atoms with Crippen molar-refractivity contribution in [1.29, 1.82) is 0 Å². The third kappa shape index (κ3) is 6.11. The number of unbranched alkanes of at least 4 members (excludes halogenated alkanes) is 1. The van der Waals surface area contributed by atoms with Crippen LogP contribution in [0.4, 0.5) is 0 Å². The van der Waals surface area contributed by atoms with E-state index in [0.29, 0.717) is 6.04 Å². The summed E-state index contributed by atoms with van der Waals surface area (Å²) in [5.74, 6) is 1.81. The fraction of sp³-hybridized carbons (Fsp3) is 0.375. The van der Waals surface area contributed by atoms with Crippen molar-refractivity contribution in [3.8, 4) is 22.8 Å². The molecule has 36 heavy (non-hydrogen) atoms. The SMILES string of the molecule is CCCCOc1ccc2c(c1)c(C)c(-c1ccc(OC)cc1)n2Cc1ccc(CCNC(C)C)cc1. The van der Waals surface area contributed by atoms with Crippen molar-refractivity contribution in [3.63, 3.8) is 0 Å². The lowest BCUT2D eigenvalue weighted by molar-refractivity contribution is 0.310. The van der Waals surface area contributed by atoms with Crippen molar-refractivity contribution < 1.29 is 9.47 Å². The zero-order valence-corrected chi connectivity index (χ0v) is 22.4. The predicted molar refractivity (Wildman–Crippen MR) is 151 cm³/mol. The summed E-state index contributed by atoms with van der Waals surface area (Å²) in [6.07, 6.45) is 3.24. The molecule has 0 aliphatic carbocycles. The van der Waals surface area contributed by atoms with E-state index in [1.165, 1.54) is 38.9 Å². The first-order chi connectivity index (χ1) is 17.5. The Morgan fingerprint density at radius 2 is 1.58 bits per heavy atom. The van der Waals surface area contributed by atoms with Gasteiger partial charge in [0.2, 0.25) is 0 Å². The van der Waals surface area contributed by atoms with Crippen molar-refractivity contribution in [3.05, 3.63) is 83.4 Å². The molecular formula is C32H40N2O2. The summed E-state index contributed by atoms with van der Waals surface area (Å²) in [7, 11) is 1.71. The van der Waals surface area contributed by atoms with Crippen LogP contribution in [0.5, 0.6) is 11.5 Å². The highest BCUT2D eigenvalue weighted by atomic mass is 16.5. The van der Waals surface area contributed by atoms with E-state index in [4.69, 9.17) is 9.47 Å². The van der Waals surface area contributed by atoms with Crippen LogP contribution >= 0.6 is 0 Å². The number of hydrogen-bond donors (Lipinski definition) is 1. The average Bonchev–Trinajstić information content (AvgIpc) is 3.15. The van der Waals surface area contributed by atoms with Gasteiger partial charge >= 0.3 is 0 Å². The summed E-state index contributed by atoms with van der Waals surface area (Å²) in [4.78, 5) is 0. The van der Waals surface area contributed by atoms with Crippen molar-refractivity contribution in [1.82, 2.24) is 9.88 Å². The first-order valence-electron chi connectivity index (χ1n) is 13.2. The lowest BCUT2D eigenvalue weighted by Crippen LogP contribution is -2.24. The van der Waals surface area contributed by atoms with Crippen LogP contribution in [0.1, 0.15) is 50.3 Å². The molecule has 4 nitrogen and oxygen atoms in total. The van der Waals surface area contributed by atoms with E-state index in [-0.39, 0.29) is 0 Å². The van der Waals surface area contributed by atoms with Crippen LogP contribution in [0, 0.1) is 6.92 Å². The number of nitrogens with one attached hydrogen (secondary N) is 1. The van der Waals surface area contributed by atoms with E-state index >= 15 is 0 Å². The Kier molecular flexibility index (Phi) is 8.71. The summed E-state index contributed by atoms with van der Waals surface area (Å²) in [5.41, 5.74) is 7.59. The smallest absolute Gasteiger partial charge is 0.120 e. The molecule has 3 aromatic carbocycles. The quantitative estimate of drug-likeness (QED) is 0.213. The van der Waals surface area contributed by atoms with Gasteiger partial charge in [0.25, 0.3) is 0 Å². The number of ether oxygens (including phenoxy) is 2. The van der Waals surface area contributed by atoms with Crippen LogP contribution in [-0.2, 0) is 13.0 Å². The number of fused-ring (bicyclic) bond motifs is 1. The molecule has 0 saturated carbocycles. The van der Waals surface area contributed by atoms with Gasteiger partial charge in [0, 0.05) is 23.5 Å². The highest BCUT2D eigenvalue weighted by Crippen LogP contribution is 2.36. The molecule has 4 heteroatoms. The minimum absolute atomic E-state index is 0.517. The van der Waals surface area contributed by atoms with Gasteiger partial charge in [0.1, 0.15) is 11.5 Å². The molecule has 0 radical (unpaired) electrons. The Labute approximate surface area is 216 Å². The monoisotopic (exact) mass is 484 g/mol. The molecule has 0 bridgehead atoms. The molecule has 4 rings (SSSR count). The molecule has 0 saturated heterocycles. The maximum atomic E-state index is 6.04. The molecule has 4 aromatic rings. The van der Waals surface area contributed by atoms with Crippen LogP contribution in [-0.4, -0.2) is 30.9 Å². The van der Waals surface area contributed by atoms with E-state index in [0.717, 1.165) is 50.5 Å². The second-order valence-electron chi connectivity index (χ2n) is 9.84. The molecule has 0 amide bonds. The van der Waals surface area contributed by atoms with Gasteiger partial charge in [-0.2, -0.15) is 0 Å². The summed E-state index contributed by atoms with van der Waals surface area (Å²) in [5, 5.41) is 4.74. The fourth-order valence-electron chi connectivity index (χ4n) is 4.71. The van der Waals surface area contributed by atoms with E-state index < -0.39 is 0 Å². The van der Waals surface area contributed by atoms with Crippen LogP contribution < -0.4 is 14.8 Å². The van der Waals surface area contributed by atoms with E-state index in [2.05, 4.69) is 92.2 Å². The van der Waals surface area contributed by atoms with Gasteiger partial charge in [-0.15, -0.1) is 0 Å². The van der Waals surface area contributed by atoms with E-state index in [9.17, 15) is 0 Å². The van der Waals surface area contributed by atoms with Crippen molar-refractivity contribution in [2.45, 2.75) is 59.5 Å². The maximum absolute atomic E-state index is 6.04. The summed E-state index contributed by atoms with van der Waals surface area (Å²) in [6.45, 7) is 11.4. The number of aromatic nitrogens is 1. The van der Waals surface area contributed by atoms with Crippen molar-refractivity contribution >= 4 is 10.9 Å². The number of aryl methyl sites for hydroxylation is 1. The van der Waals surface area contributed by atoms with E-state index in [1.54, 1.807) is 7.11 Å². The number of hydrogen-bond acceptors (Lipinski definition) is 3. The second-order valence-corrected chi connectivity index (χ2v) is 9.84. The van der Waals surface area contributed by atoms with Gasteiger partial charge in [0.15, 0.2) is 0 Å². The Balaban J connectivity index is 1.68. The zero-order chi connectivity index (χ0) is 25.5. The van der Waals surface area contributed by atoms with Crippen LogP contribution in [0.25, 0.3) is 22.2 Å². The predicted octanol–water partition coefficient (Wildman–Crippen LogP) is 7.39. The summed E-state index contributed by atoms with van der Waals surface area (Å²) >= 11 is 0. The van der Waals surface area contributed by atoms with Gasteiger partial charge in [-0.05, 0) is 91.0 Å². The topological polar surface area (TPSA) is 35.4 Å². The molecule has 1 aromatic heterocycles. The molecule has 1 N–H and O–H groups in total.